The Hall–Kier alpha value is -0.730. The van der Waals surface area contributed by atoms with Gasteiger partial charge in [-0.2, -0.15) is 0 Å². The van der Waals surface area contributed by atoms with Gasteiger partial charge in [0.1, 0.15) is 0 Å². The molecule has 1 atom stereocenters. The number of hydrogen-bond acceptors (Lipinski definition) is 6. The average molecular weight is 373 g/mol. The van der Waals surface area contributed by atoms with Gasteiger partial charge in [-0.15, -0.1) is 0 Å². The molecule has 7 heteroatoms. The van der Waals surface area contributed by atoms with Crippen LogP contribution in [-0.2, 0) is 19.0 Å². The molecule has 2 rings (SSSR count). The molecule has 0 bridgehead atoms. The van der Waals surface area contributed by atoms with E-state index in [9.17, 15) is 4.79 Å². The van der Waals surface area contributed by atoms with Gasteiger partial charge in [-0.05, 0) is 51.1 Å². The second-order valence-electron chi connectivity index (χ2n) is 7.47. The van der Waals surface area contributed by atoms with Gasteiger partial charge < -0.3 is 24.2 Å². The number of carboxylic acids is 1. The summed E-state index contributed by atoms with van der Waals surface area (Å²) in [5, 5.41) is 9.07. The monoisotopic (exact) mass is 372 g/mol. The molecule has 2 aliphatic rings. The molecule has 2 heterocycles. The van der Waals surface area contributed by atoms with E-state index < -0.39 is 5.97 Å². The lowest BCUT2D eigenvalue weighted by molar-refractivity contribution is -0.165. The first-order valence-corrected chi connectivity index (χ1v) is 10.1. The van der Waals surface area contributed by atoms with Crippen molar-refractivity contribution in [2.24, 2.45) is 5.92 Å². The number of rotatable bonds is 12. The van der Waals surface area contributed by atoms with Crippen LogP contribution in [0, 0.1) is 5.92 Å². The zero-order valence-electron chi connectivity index (χ0n) is 16.2. The second kappa shape index (κ2) is 12.6. The lowest BCUT2D eigenvalue weighted by Crippen LogP contribution is -2.38. The number of ether oxygens (including phenoxy) is 3. The quantitative estimate of drug-likeness (QED) is 0.523. The molecule has 0 amide bonds. The van der Waals surface area contributed by atoms with E-state index in [2.05, 4.69) is 11.8 Å². The first-order valence-electron chi connectivity index (χ1n) is 10.1. The minimum absolute atomic E-state index is 0.0161. The number of likely N-dealkylation sites (tertiary alicyclic amines) is 1. The Balaban J connectivity index is 1.53. The molecular weight excluding hydrogens is 336 g/mol. The highest BCUT2D eigenvalue weighted by atomic mass is 16.7. The summed E-state index contributed by atoms with van der Waals surface area (Å²) in [6, 6.07) is 0. The number of carbonyl (C=O) groups is 1. The highest BCUT2D eigenvalue weighted by Crippen LogP contribution is 2.15. The summed E-state index contributed by atoms with van der Waals surface area (Å²) in [6.45, 7) is 9.33. The van der Waals surface area contributed by atoms with Crippen LogP contribution in [0.3, 0.4) is 0 Å². The Morgan fingerprint density at radius 3 is 2.62 bits per heavy atom. The summed E-state index contributed by atoms with van der Waals surface area (Å²) >= 11 is 0. The predicted octanol–water partition coefficient (Wildman–Crippen LogP) is 1.66. The fourth-order valence-electron chi connectivity index (χ4n) is 3.39. The molecule has 0 aliphatic carbocycles. The molecule has 2 aliphatic heterocycles. The van der Waals surface area contributed by atoms with Crippen molar-refractivity contribution < 1.29 is 24.1 Å². The van der Waals surface area contributed by atoms with Crippen LogP contribution in [0.5, 0.6) is 0 Å². The summed E-state index contributed by atoms with van der Waals surface area (Å²) < 4.78 is 17.0. The first kappa shape index (κ1) is 21.6. The highest BCUT2D eigenvalue weighted by Gasteiger charge is 2.16. The van der Waals surface area contributed by atoms with Gasteiger partial charge in [0.15, 0.2) is 6.29 Å². The van der Waals surface area contributed by atoms with E-state index >= 15 is 0 Å². The number of carboxylic acid groups (broad SMARTS) is 1. The van der Waals surface area contributed by atoms with Crippen LogP contribution in [0.2, 0.25) is 0 Å². The third-order valence-electron chi connectivity index (χ3n) is 5.19. The van der Waals surface area contributed by atoms with Crippen molar-refractivity contribution in [3.05, 3.63) is 0 Å². The fourth-order valence-corrected chi connectivity index (χ4v) is 3.39. The smallest absolute Gasteiger partial charge is 0.317 e. The van der Waals surface area contributed by atoms with E-state index in [1.807, 2.05) is 4.90 Å². The largest absolute Gasteiger partial charge is 0.480 e. The number of nitrogens with zero attached hydrogens (tertiary/aromatic N) is 2. The average Bonchev–Trinajstić information content (AvgIpc) is 2.63. The van der Waals surface area contributed by atoms with Crippen LogP contribution in [0.4, 0.5) is 0 Å². The molecule has 0 saturated carbocycles. The second-order valence-corrected chi connectivity index (χ2v) is 7.47. The minimum atomic E-state index is -0.818. The lowest BCUT2D eigenvalue weighted by atomic mass is 9.99. The summed E-state index contributed by atoms with van der Waals surface area (Å²) in [7, 11) is 0. The van der Waals surface area contributed by atoms with Crippen molar-refractivity contribution in [3.8, 4) is 0 Å². The maximum Gasteiger partial charge on any atom is 0.317 e. The standard InChI is InChI=1S/C19H36N2O5/c1-17-5-7-20(8-6-17)9-13-24-14-10-21(16-18(22)23)11-15-26-19-4-2-3-12-25-19/h17,19H,2-16H2,1H3,(H,22,23). The van der Waals surface area contributed by atoms with Crippen molar-refractivity contribution >= 4 is 5.97 Å². The van der Waals surface area contributed by atoms with Crippen molar-refractivity contribution in [1.29, 1.82) is 0 Å². The van der Waals surface area contributed by atoms with Gasteiger partial charge >= 0.3 is 5.97 Å². The summed E-state index contributed by atoms with van der Waals surface area (Å²) in [5.74, 6) is 0.0272. The fraction of sp³-hybridized carbons (Fsp3) is 0.947. The van der Waals surface area contributed by atoms with Crippen LogP contribution in [0.25, 0.3) is 0 Å². The van der Waals surface area contributed by atoms with Gasteiger partial charge in [0, 0.05) is 26.2 Å². The SMILES string of the molecule is CC1CCN(CCOCCN(CCOC2CCCCO2)CC(=O)O)CC1. The Morgan fingerprint density at radius 2 is 1.92 bits per heavy atom. The normalized spacial score (nSPS) is 22.8. The van der Waals surface area contributed by atoms with Crippen LogP contribution in [-0.4, -0.2) is 92.9 Å². The molecule has 26 heavy (non-hydrogen) atoms. The molecule has 7 nitrogen and oxygen atoms in total. The Kier molecular flexibility index (Phi) is 10.5. The maximum atomic E-state index is 11.0. The highest BCUT2D eigenvalue weighted by molar-refractivity contribution is 5.69. The van der Waals surface area contributed by atoms with E-state index in [4.69, 9.17) is 19.3 Å². The molecular formula is C19H36N2O5. The number of piperidine rings is 1. The van der Waals surface area contributed by atoms with E-state index in [0.29, 0.717) is 32.9 Å². The van der Waals surface area contributed by atoms with Crippen LogP contribution in [0.1, 0.15) is 39.0 Å². The first-order chi connectivity index (χ1) is 12.6. The summed E-state index contributed by atoms with van der Waals surface area (Å²) in [6.07, 6.45) is 5.58. The molecule has 0 aromatic heterocycles. The number of aliphatic carboxylic acids is 1. The summed E-state index contributed by atoms with van der Waals surface area (Å²) in [5.41, 5.74) is 0. The van der Waals surface area contributed by atoms with Gasteiger partial charge in [0.25, 0.3) is 0 Å². The molecule has 0 aromatic rings. The van der Waals surface area contributed by atoms with Crippen LogP contribution in [0.15, 0.2) is 0 Å². The van der Waals surface area contributed by atoms with E-state index in [1.165, 1.54) is 12.8 Å². The zero-order valence-corrected chi connectivity index (χ0v) is 16.2. The van der Waals surface area contributed by atoms with E-state index in [-0.39, 0.29) is 12.8 Å². The topological polar surface area (TPSA) is 71.5 Å². The third-order valence-corrected chi connectivity index (χ3v) is 5.19. The Labute approximate surface area is 157 Å². The maximum absolute atomic E-state index is 11.0. The van der Waals surface area contributed by atoms with Crippen LogP contribution >= 0.6 is 0 Å². The lowest BCUT2D eigenvalue weighted by Gasteiger charge is -2.30. The molecule has 0 aromatic carbocycles. The van der Waals surface area contributed by atoms with Crippen molar-refractivity contribution in [1.82, 2.24) is 9.80 Å². The van der Waals surface area contributed by atoms with Crippen LogP contribution < -0.4 is 0 Å². The van der Waals surface area contributed by atoms with Crippen molar-refractivity contribution in [3.63, 3.8) is 0 Å². The van der Waals surface area contributed by atoms with Gasteiger partial charge in [0.2, 0.25) is 0 Å². The molecule has 1 unspecified atom stereocenters. The van der Waals surface area contributed by atoms with Gasteiger partial charge in [0.05, 0.1) is 26.4 Å². The van der Waals surface area contributed by atoms with E-state index in [1.54, 1.807) is 0 Å². The third kappa shape index (κ3) is 9.28. The number of hydrogen-bond donors (Lipinski definition) is 1. The minimum Gasteiger partial charge on any atom is -0.480 e. The molecule has 152 valence electrons. The molecule has 2 saturated heterocycles. The molecule has 2 fully saturated rings. The molecule has 0 radical (unpaired) electrons. The predicted molar refractivity (Wildman–Crippen MR) is 99.3 cm³/mol. The zero-order chi connectivity index (χ0) is 18.6. The Morgan fingerprint density at radius 1 is 1.15 bits per heavy atom. The molecule has 0 spiro atoms. The van der Waals surface area contributed by atoms with Crippen molar-refractivity contribution in [2.45, 2.75) is 45.3 Å². The van der Waals surface area contributed by atoms with Gasteiger partial charge in [-0.1, -0.05) is 6.92 Å². The van der Waals surface area contributed by atoms with Crippen molar-refractivity contribution in [2.75, 3.05) is 65.7 Å². The molecule has 1 N–H and O–H groups in total. The summed E-state index contributed by atoms with van der Waals surface area (Å²) in [4.78, 5) is 15.4. The Bertz CT molecular complexity index is 382. The van der Waals surface area contributed by atoms with Gasteiger partial charge in [-0.3, -0.25) is 9.69 Å². The van der Waals surface area contributed by atoms with E-state index in [0.717, 1.165) is 51.4 Å². The van der Waals surface area contributed by atoms with Gasteiger partial charge in [-0.25, -0.2) is 0 Å².